The van der Waals surface area contributed by atoms with E-state index in [9.17, 15) is 4.79 Å². The van der Waals surface area contributed by atoms with E-state index in [0.717, 1.165) is 18.6 Å². The molecule has 1 aromatic rings. The second-order valence-corrected chi connectivity index (χ2v) is 8.07. The van der Waals surface area contributed by atoms with Crippen LogP contribution in [0.3, 0.4) is 0 Å². The Morgan fingerprint density at radius 2 is 2.19 bits per heavy atom. The molecule has 1 heterocycles. The molecule has 110 valence electrons. The van der Waals surface area contributed by atoms with Crippen LogP contribution in [0.25, 0.3) is 6.08 Å². The maximum atomic E-state index is 12.3. The van der Waals surface area contributed by atoms with Gasteiger partial charge in [-0.05, 0) is 66.9 Å². The highest BCUT2D eigenvalue weighted by atomic mass is 16.3. The normalized spacial score (nSPS) is 46.9. The number of carbonyl (C=O) groups is 1. The van der Waals surface area contributed by atoms with E-state index >= 15 is 0 Å². The van der Waals surface area contributed by atoms with Crippen molar-refractivity contribution >= 4 is 11.9 Å². The smallest absolute Gasteiger partial charge is 0.136 e. The third-order valence-electron chi connectivity index (χ3n) is 7.31. The largest absolute Gasteiger partial charge is 0.465 e. The van der Waals surface area contributed by atoms with E-state index < -0.39 is 0 Å². The maximum absolute atomic E-state index is 12.3. The van der Waals surface area contributed by atoms with E-state index in [4.69, 9.17) is 4.42 Å². The Labute approximate surface area is 125 Å². The van der Waals surface area contributed by atoms with Crippen LogP contribution >= 0.6 is 0 Å². The first kappa shape index (κ1) is 12.3. The van der Waals surface area contributed by atoms with E-state index in [1.807, 2.05) is 6.26 Å². The Morgan fingerprint density at radius 3 is 3.10 bits per heavy atom. The van der Waals surface area contributed by atoms with Crippen molar-refractivity contribution in [3.05, 3.63) is 29.7 Å². The maximum Gasteiger partial charge on any atom is 0.136 e. The Hall–Kier alpha value is -1.31. The zero-order valence-corrected chi connectivity index (χ0v) is 12.6. The van der Waals surface area contributed by atoms with Gasteiger partial charge in [-0.1, -0.05) is 13.0 Å². The molecule has 0 aromatic carbocycles. The topological polar surface area (TPSA) is 30.2 Å². The Morgan fingerprint density at radius 1 is 1.29 bits per heavy atom. The van der Waals surface area contributed by atoms with Gasteiger partial charge in [-0.2, -0.15) is 0 Å². The standard InChI is InChI=1S/C19H22O2/c1-18-7-5-16-13(6-9-21-16)14(18)4-8-19-10-12(15(20)11-19)2-3-17(18)19/h5-7,9,12,14,17H,2-4,8,10-11H2,1H3/t12?,14-,17+,18-,19+/m1/s1. The van der Waals surface area contributed by atoms with E-state index in [1.54, 1.807) is 0 Å². The van der Waals surface area contributed by atoms with Gasteiger partial charge in [-0.15, -0.1) is 0 Å². The van der Waals surface area contributed by atoms with E-state index in [-0.39, 0.29) is 5.41 Å². The second kappa shape index (κ2) is 3.71. The van der Waals surface area contributed by atoms with Crippen molar-refractivity contribution in [3.8, 4) is 0 Å². The molecule has 0 radical (unpaired) electrons. The number of hydrogen-bond acceptors (Lipinski definition) is 2. The monoisotopic (exact) mass is 282 g/mol. The minimum Gasteiger partial charge on any atom is -0.465 e. The van der Waals surface area contributed by atoms with Crippen LogP contribution in [-0.2, 0) is 4.79 Å². The number of hydrogen-bond donors (Lipinski definition) is 0. The van der Waals surface area contributed by atoms with Crippen LogP contribution in [0.4, 0.5) is 0 Å². The minimum absolute atomic E-state index is 0.213. The summed E-state index contributed by atoms with van der Waals surface area (Å²) in [4.78, 5) is 12.3. The third-order valence-corrected chi connectivity index (χ3v) is 7.31. The molecule has 1 aromatic heterocycles. The average Bonchev–Trinajstić information content (AvgIpc) is 3.02. The first-order valence-electron chi connectivity index (χ1n) is 8.42. The Bertz CT molecular complexity index is 654. The number of rotatable bonds is 0. The molecule has 1 unspecified atom stereocenters. The highest BCUT2D eigenvalue weighted by Gasteiger charge is 2.61. The van der Waals surface area contributed by atoms with Crippen LogP contribution in [0.2, 0.25) is 0 Å². The summed E-state index contributed by atoms with van der Waals surface area (Å²) >= 11 is 0. The molecule has 0 saturated heterocycles. The molecule has 1 spiro atoms. The summed E-state index contributed by atoms with van der Waals surface area (Å²) in [7, 11) is 0. The lowest BCUT2D eigenvalue weighted by molar-refractivity contribution is -0.120. The lowest BCUT2D eigenvalue weighted by Crippen LogP contribution is -2.49. The van der Waals surface area contributed by atoms with Crippen LogP contribution in [-0.4, -0.2) is 5.78 Å². The molecule has 4 aliphatic rings. The number of carbonyl (C=O) groups excluding carboxylic acids is 1. The molecule has 3 saturated carbocycles. The van der Waals surface area contributed by atoms with Crippen molar-refractivity contribution in [3.63, 3.8) is 0 Å². The molecule has 21 heavy (non-hydrogen) atoms. The zero-order chi connectivity index (χ0) is 14.2. The highest BCUT2D eigenvalue weighted by molar-refractivity contribution is 5.84. The van der Waals surface area contributed by atoms with E-state index in [1.165, 1.54) is 31.2 Å². The van der Waals surface area contributed by atoms with Gasteiger partial charge >= 0.3 is 0 Å². The van der Waals surface area contributed by atoms with Gasteiger partial charge in [0.05, 0.1) is 6.26 Å². The Kier molecular flexibility index (Phi) is 2.17. The third kappa shape index (κ3) is 1.37. The van der Waals surface area contributed by atoms with Crippen molar-refractivity contribution in [2.75, 3.05) is 0 Å². The molecule has 5 rings (SSSR count). The van der Waals surface area contributed by atoms with Crippen LogP contribution in [0.5, 0.6) is 0 Å². The predicted octanol–water partition coefficient (Wildman–Crippen LogP) is 4.57. The lowest BCUT2D eigenvalue weighted by atomic mass is 9.46. The molecule has 4 aliphatic carbocycles. The second-order valence-electron chi connectivity index (χ2n) is 8.07. The predicted molar refractivity (Wildman–Crippen MR) is 80.7 cm³/mol. The van der Waals surface area contributed by atoms with Crippen molar-refractivity contribution in [1.29, 1.82) is 0 Å². The molecular formula is C19H22O2. The molecule has 5 atom stereocenters. The van der Waals surface area contributed by atoms with Gasteiger partial charge in [-0.25, -0.2) is 0 Å². The first-order valence-corrected chi connectivity index (χ1v) is 8.42. The van der Waals surface area contributed by atoms with E-state index in [2.05, 4.69) is 25.1 Å². The SMILES string of the molecule is C[C@@]12C=Cc3occc3[C@H]1CC[C@]13CC(=O)C(CC[C@H]12)C3. The molecule has 0 aliphatic heterocycles. The van der Waals surface area contributed by atoms with Gasteiger partial charge in [0.15, 0.2) is 0 Å². The fourth-order valence-electron chi connectivity index (χ4n) is 6.42. The summed E-state index contributed by atoms with van der Waals surface area (Å²) in [6, 6.07) is 2.17. The lowest BCUT2D eigenvalue weighted by Gasteiger charge is -2.57. The number of Topliss-reactive ketones (excluding diaryl/α,β-unsaturated/α-hetero) is 1. The molecular weight excluding hydrogens is 260 g/mol. The molecule has 2 bridgehead atoms. The summed E-state index contributed by atoms with van der Waals surface area (Å²) in [5.74, 6) is 3.26. The van der Waals surface area contributed by atoms with Gasteiger partial charge in [0.2, 0.25) is 0 Å². The number of allylic oxidation sites excluding steroid dienone is 1. The van der Waals surface area contributed by atoms with Crippen molar-refractivity contribution in [2.45, 2.75) is 51.4 Å². The molecule has 0 N–H and O–H groups in total. The summed E-state index contributed by atoms with van der Waals surface area (Å²) in [6.07, 6.45) is 13.3. The highest BCUT2D eigenvalue weighted by Crippen LogP contribution is 2.68. The summed E-state index contributed by atoms with van der Waals surface area (Å²) in [6.45, 7) is 2.44. The summed E-state index contributed by atoms with van der Waals surface area (Å²) < 4.78 is 5.62. The molecule has 0 amide bonds. The van der Waals surface area contributed by atoms with Gasteiger partial charge in [0.1, 0.15) is 11.5 Å². The Balaban J connectivity index is 1.63. The van der Waals surface area contributed by atoms with Gasteiger partial charge < -0.3 is 4.42 Å². The summed E-state index contributed by atoms with van der Waals surface area (Å²) in [5, 5.41) is 0. The van der Waals surface area contributed by atoms with E-state index in [0.29, 0.717) is 29.0 Å². The fourth-order valence-corrected chi connectivity index (χ4v) is 6.42. The zero-order valence-electron chi connectivity index (χ0n) is 12.6. The minimum atomic E-state index is 0.213. The molecule has 2 heteroatoms. The quantitative estimate of drug-likeness (QED) is 0.698. The average molecular weight is 282 g/mol. The van der Waals surface area contributed by atoms with Gasteiger partial charge in [-0.3, -0.25) is 4.79 Å². The molecule has 2 nitrogen and oxygen atoms in total. The summed E-state index contributed by atoms with van der Waals surface area (Å²) in [5.41, 5.74) is 1.93. The number of fused-ring (bicyclic) bond motifs is 5. The van der Waals surface area contributed by atoms with Crippen molar-refractivity contribution in [2.24, 2.45) is 22.7 Å². The number of ketones is 1. The van der Waals surface area contributed by atoms with Crippen LogP contribution in [0, 0.1) is 22.7 Å². The number of furan rings is 1. The van der Waals surface area contributed by atoms with Crippen LogP contribution in [0.1, 0.15) is 62.7 Å². The van der Waals surface area contributed by atoms with Crippen LogP contribution < -0.4 is 0 Å². The fraction of sp³-hybridized carbons (Fsp3) is 0.632. The van der Waals surface area contributed by atoms with Gasteiger partial charge in [0, 0.05) is 17.9 Å². The van der Waals surface area contributed by atoms with Crippen molar-refractivity contribution in [1.82, 2.24) is 0 Å². The van der Waals surface area contributed by atoms with Gasteiger partial charge in [0.25, 0.3) is 0 Å². The first-order chi connectivity index (χ1) is 10.1. The molecule has 3 fully saturated rings. The van der Waals surface area contributed by atoms with Crippen LogP contribution in [0.15, 0.2) is 22.8 Å². The van der Waals surface area contributed by atoms with Crippen molar-refractivity contribution < 1.29 is 9.21 Å².